The molecule has 4 aliphatic carbocycles. The van der Waals surface area contributed by atoms with E-state index in [-0.39, 0.29) is 46.8 Å². The predicted octanol–water partition coefficient (Wildman–Crippen LogP) is 4.06. The highest BCUT2D eigenvalue weighted by Gasteiger charge is 2.67. The number of ketones is 1. The lowest BCUT2D eigenvalue weighted by Crippen LogP contribution is -2.40. The Morgan fingerprint density at radius 1 is 0.912 bits per heavy atom. The van der Waals surface area contributed by atoms with Gasteiger partial charge < -0.3 is 4.74 Å². The summed E-state index contributed by atoms with van der Waals surface area (Å²) in [5.41, 5.74) is 1.07. The minimum atomic E-state index is -0.912. The van der Waals surface area contributed by atoms with Gasteiger partial charge in [0.2, 0.25) is 17.6 Å². The summed E-state index contributed by atoms with van der Waals surface area (Å²) in [6, 6.07) is 15.1. The molecule has 6 nitrogen and oxygen atoms in total. The van der Waals surface area contributed by atoms with E-state index >= 15 is 0 Å². The number of nitrogens with zero attached hydrogens (tertiary/aromatic N) is 1. The molecule has 0 unspecified atom stereocenters. The largest absolute Gasteiger partial charge is 0.450 e. The number of allylic oxidation sites excluding steroid dienone is 2. The molecule has 7 atom stereocenters. The van der Waals surface area contributed by atoms with Crippen LogP contribution in [-0.2, 0) is 14.3 Å². The monoisotopic (exact) mass is 455 g/mol. The van der Waals surface area contributed by atoms with Crippen LogP contribution < -0.4 is 4.90 Å². The molecule has 0 radical (unpaired) electrons. The van der Waals surface area contributed by atoms with Gasteiger partial charge in [0.05, 0.1) is 23.1 Å². The van der Waals surface area contributed by atoms with Gasteiger partial charge in [0.15, 0.2) is 6.10 Å². The molecule has 5 aliphatic rings. The van der Waals surface area contributed by atoms with Crippen LogP contribution in [0.1, 0.15) is 40.5 Å². The molecule has 0 N–H and O–H groups in total. The van der Waals surface area contributed by atoms with Gasteiger partial charge in [-0.15, -0.1) is 0 Å². The van der Waals surface area contributed by atoms with Gasteiger partial charge in [-0.05, 0) is 54.7 Å². The fourth-order valence-electron chi connectivity index (χ4n) is 6.29. The lowest BCUT2D eigenvalue weighted by Gasteiger charge is -2.37. The van der Waals surface area contributed by atoms with Crippen molar-refractivity contribution >= 4 is 29.3 Å². The van der Waals surface area contributed by atoms with E-state index in [4.69, 9.17) is 4.74 Å². The normalized spacial score (nSPS) is 31.1. The van der Waals surface area contributed by atoms with Crippen LogP contribution in [0.4, 0.5) is 5.69 Å². The van der Waals surface area contributed by atoms with Gasteiger partial charge >= 0.3 is 5.97 Å². The van der Waals surface area contributed by atoms with Gasteiger partial charge in [-0.25, -0.2) is 9.69 Å². The molecule has 2 bridgehead atoms. The van der Waals surface area contributed by atoms with Gasteiger partial charge in [0, 0.05) is 5.56 Å². The summed E-state index contributed by atoms with van der Waals surface area (Å²) >= 11 is 0. The smallest absolute Gasteiger partial charge is 0.338 e. The maximum absolute atomic E-state index is 13.4. The van der Waals surface area contributed by atoms with E-state index in [2.05, 4.69) is 12.2 Å². The first-order valence-corrected chi connectivity index (χ1v) is 12.0. The number of amides is 2. The zero-order valence-corrected chi connectivity index (χ0v) is 18.8. The van der Waals surface area contributed by atoms with E-state index in [1.807, 2.05) is 6.07 Å². The Morgan fingerprint density at radius 3 is 2.15 bits per heavy atom. The Hall–Kier alpha value is -3.54. The van der Waals surface area contributed by atoms with Crippen LogP contribution in [0.3, 0.4) is 0 Å². The van der Waals surface area contributed by atoms with Crippen molar-refractivity contribution in [3.8, 4) is 0 Å². The van der Waals surface area contributed by atoms with Gasteiger partial charge in [0.25, 0.3) is 0 Å². The number of imide groups is 1. The van der Waals surface area contributed by atoms with Crippen LogP contribution in [0.15, 0.2) is 66.7 Å². The summed E-state index contributed by atoms with van der Waals surface area (Å²) in [6.07, 6.45) is 4.81. The minimum absolute atomic E-state index is 0.143. The highest BCUT2D eigenvalue weighted by Crippen LogP contribution is 2.65. The predicted molar refractivity (Wildman–Crippen MR) is 124 cm³/mol. The van der Waals surface area contributed by atoms with Gasteiger partial charge in [0.1, 0.15) is 0 Å². The SMILES string of the molecule is CC[C@@H](OC(=O)c1cccc(N2C(=O)[C@H]3[C@@H]4C=C[C@H]([C@@H]5C[C@H]45)[C@@H]3C2=O)c1)C(=O)c1ccccc1. The quantitative estimate of drug-likeness (QED) is 0.284. The molecule has 1 aliphatic heterocycles. The number of benzene rings is 2. The molecule has 1 heterocycles. The summed E-state index contributed by atoms with van der Waals surface area (Å²) in [5, 5.41) is 0. The first-order valence-electron chi connectivity index (χ1n) is 12.0. The van der Waals surface area contributed by atoms with E-state index in [1.165, 1.54) is 11.0 Å². The number of carbonyl (C=O) groups excluding carboxylic acids is 4. The second-order valence-corrected chi connectivity index (χ2v) is 9.75. The molecule has 2 amide bonds. The molecule has 2 aromatic carbocycles. The van der Waals surface area contributed by atoms with Crippen molar-refractivity contribution in [3.05, 3.63) is 77.9 Å². The van der Waals surface area contributed by atoms with Crippen molar-refractivity contribution in [2.45, 2.75) is 25.9 Å². The molecule has 172 valence electrons. The standard InChI is InChI=1S/C28H25NO5/c1-2-22(25(30)15-7-4-3-5-8-15)34-28(33)16-9-6-10-17(13-16)29-26(31)23-18-11-12-19(21-14-20(18)21)24(23)27(29)32/h3-13,18-24H,2,14H2,1H3/t18-,19-,20-,21+,22-,23+,24+/m1/s1. The minimum Gasteiger partial charge on any atom is -0.450 e. The van der Waals surface area contributed by atoms with Gasteiger partial charge in [-0.2, -0.15) is 0 Å². The van der Waals surface area contributed by atoms with E-state index in [0.29, 0.717) is 29.5 Å². The zero-order valence-electron chi connectivity index (χ0n) is 18.8. The fraction of sp³-hybridized carbons (Fsp3) is 0.357. The van der Waals surface area contributed by atoms with Crippen molar-refractivity contribution in [2.75, 3.05) is 4.90 Å². The average molecular weight is 456 g/mol. The molecule has 3 fully saturated rings. The lowest BCUT2D eigenvalue weighted by molar-refractivity contribution is -0.124. The molecule has 6 heteroatoms. The summed E-state index contributed by atoms with van der Waals surface area (Å²) in [5.74, 6) is -0.505. The maximum Gasteiger partial charge on any atom is 0.338 e. The molecule has 7 rings (SSSR count). The van der Waals surface area contributed by atoms with Crippen LogP contribution in [0.2, 0.25) is 0 Å². The summed E-state index contributed by atoms with van der Waals surface area (Å²) in [7, 11) is 0. The number of rotatable bonds is 6. The molecule has 34 heavy (non-hydrogen) atoms. The van der Waals surface area contributed by atoms with Crippen LogP contribution in [0, 0.1) is 35.5 Å². The Balaban J connectivity index is 1.23. The second-order valence-electron chi connectivity index (χ2n) is 9.75. The number of hydrogen-bond acceptors (Lipinski definition) is 5. The molecular formula is C28H25NO5. The summed E-state index contributed by atoms with van der Waals surface area (Å²) in [4.78, 5) is 53.7. The van der Waals surface area contributed by atoms with Gasteiger partial charge in [-0.3, -0.25) is 14.4 Å². The highest BCUT2D eigenvalue weighted by atomic mass is 16.5. The number of esters is 1. The van der Waals surface area contributed by atoms with Crippen LogP contribution in [0.5, 0.6) is 0 Å². The third-order valence-electron chi connectivity index (χ3n) is 7.97. The molecule has 2 aromatic rings. The lowest BCUT2D eigenvalue weighted by atomic mass is 9.63. The molecule has 1 saturated heterocycles. The number of carbonyl (C=O) groups is 4. The first-order chi connectivity index (χ1) is 16.5. The first kappa shape index (κ1) is 21.0. The number of Topliss-reactive ketones (excluding diaryl/α,β-unsaturated/α-hetero) is 1. The molecular weight excluding hydrogens is 430 g/mol. The Labute approximate surface area is 197 Å². The number of hydrogen-bond donors (Lipinski definition) is 0. The van der Waals surface area contributed by atoms with Crippen molar-refractivity contribution in [2.24, 2.45) is 35.5 Å². The van der Waals surface area contributed by atoms with Crippen molar-refractivity contribution < 1.29 is 23.9 Å². The Kier molecular flexibility index (Phi) is 4.80. The van der Waals surface area contributed by atoms with E-state index in [1.54, 1.807) is 49.4 Å². The zero-order chi connectivity index (χ0) is 23.6. The van der Waals surface area contributed by atoms with E-state index in [9.17, 15) is 19.2 Å². The Bertz CT molecular complexity index is 1200. The molecule has 2 saturated carbocycles. The van der Waals surface area contributed by atoms with Crippen molar-refractivity contribution in [1.82, 2.24) is 0 Å². The highest BCUT2D eigenvalue weighted by molar-refractivity contribution is 6.23. The van der Waals surface area contributed by atoms with Crippen LogP contribution in [0.25, 0.3) is 0 Å². The Morgan fingerprint density at radius 2 is 1.53 bits per heavy atom. The van der Waals surface area contributed by atoms with Crippen molar-refractivity contribution in [1.29, 1.82) is 0 Å². The number of anilines is 1. The summed E-state index contributed by atoms with van der Waals surface area (Å²) in [6.45, 7) is 1.78. The third kappa shape index (κ3) is 3.08. The average Bonchev–Trinajstić information content (AvgIpc) is 3.65. The van der Waals surface area contributed by atoms with Crippen LogP contribution in [-0.4, -0.2) is 29.7 Å². The number of ether oxygens (including phenoxy) is 1. The molecule has 0 aromatic heterocycles. The fourth-order valence-corrected chi connectivity index (χ4v) is 6.29. The topological polar surface area (TPSA) is 80.8 Å². The maximum atomic E-state index is 13.4. The molecule has 0 spiro atoms. The summed E-state index contributed by atoms with van der Waals surface area (Å²) < 4.78 is 5.54. The van der Waals surface area contributed by atoms with Crippen molar-refractivity contribution in [3.63, 3.8) is 0 Å². The van der Waals surface area contributed by atoms with E-state index < -0.39 is 12.1 Å². The van der Waals surface area contributed by atoms with Gasteiger partial charge in [-0.1, -0.05) is 55.5 Å². The second kappa shape index (κ2) is 7.76. The van der Waals surface area contributed by atoms with E-state index in [0.717, 1.165) is 6.42 Å². The third-order valence-corrected chi connectivity index (χ3v) is 7.97. The van der Waals surface area contributed by atoms with Crippen LogP contribution >= 0.6 is 0 Å².